The van der Waals surface area contributed by atoms with Crippen LogP contribution in [0.15, 0.2) is 17.5 Å². The molecule has 3 atom stereocenters. The van der Waals surface area contributed by atoms with Crippen LogP contribution in [0.2, 0.25) is 0 Å². The molecule has 3 heterocycles. The largest absolute Gasteiger partial charge is 0.374 e. The van der Waals surface area contributed by atoms with Crippen molar-refractivity contribution < 1.29 is 9.53 Å². The smallest absolute Gasteiger partial charge is 0.315 e. The quantitative estimate of drug-likeness (QED) is 0.885. The summed E-state index contributed by atoms with van der Waals surface area (Å²) in [6.07, 6.45) is 2.99. The Labute approximate surface area is 140 Å². The first-order valence-corrected chi connectivity index (χ1v) is 10.00. The lowest BCUT2D eigenvalue weighted by Gasteiger charge is -2.38. The predicted octanol–water partition coefficient (Wildman–Crippen LogP) is 3.21. The molecular formula is C16H24N2O2S2. The van der Waals surface area contributed by atoms with Gasteiger partial charge in [0.25, 0.3) is 0 Å². The van der Waals surface area contributed by atoms with E-state index in [0.717, 1.165) is 31.6 Å². The number of hydrogen-bond donors (Lipinski definition) is 2. The molecule has 0 unspecified atom stereocenters. The van der Waals surface area contributed by atoms with Gasteiger partial charge in [-0.15, -0.1) is 11.3 Å². The SMILES string of the molecule is C[C@H](CNC(=O)N[C@H]1CCO[C@@]2(CCSC2)C1)c1cccs1. The number of urea groups is 1. The molecule has 6 heteroatoms. The van der Waals surface area contributed by atoms with E-state index in [1.807, 2.05) is 11.8 Å². The average Bonchev–Trinajstić information content (AvgIpc) is 3.17. The lowest BCUT2D eigenvalue weighted by molar-refractivity contribution is -0.0684. The highest BCUT2D eigenvalue weighted by Gasteiger charge is 2.40. The average molecular weight is 341 g/mol. The predicted molar refractivity (Wildman–Crippen MR) is 92.9 cm³/mol. The molecule has 2 saturated heterocycles. The number of carbonyl (C=O) groups excluding carboxylic acids is 1. The third-order valence-electron chi connectivity index (χ3n) is 4.49. The van der Waals surface area contributed by atoms with Crippen molar-refractivity contribution in [2.75, 3.05) is 24.7 Å². The number of thioether (sulfide) groups is 1. The van der Waals surface area contributed by atoms with Crippen LogP contribution in [0.25, 0.3) is 0 Å². The molecule has 2 aliphatic rings. The highest BCUT2D eigenvalue weighted by Crippen LogP contribution is 2.38. The molecule has 22 heavy (non-hydrogen) atoms. The molecule has 122 valence electrons. The normalized spacial score (nSPS) is 29.4. The zero-order valence-corrected chi connectivity index (χ0v) is 14.6. The Morgan fingerprint density at radius 3 is 3.23 bits per heavy atom. The first kappa shape index (κ1) is 16.1. The molecule has 3 rings (SSSR count). The monoisotopic (exact) mass is 340 g/mol. The molecule has 4 nitrogen and oxygen atoms in total. The van der Waals surface area contributed by atoms with Crippen LogP contribution in [0.5, 0.6) is 0 Å². The van der Waals surface area contributed by atoms with E-state index in [4.69, 9.17) is 4.74 Å². The number of amides is 2. The van der Waals surface area contributed by atoms with Crippen LogP contribution >= 0.6 is 23.1 Å². The van der Waals surface area contributed by atoms with Crippen molar-refractivity contribution in [1.82, 2.24) is 10.6 Å². The maximum atomic E-state index is 12.1. The summed E-state index contributed by atoms with van der Waals surface area (Å²) in [4.78, 5) is 13.4. The number of hydrogen-bond acceptors (Lipinski definition) is 4. The fraction of sp³-hybridized carbons (Fsp3) is 0.688. The van der Waals surface area contributed by atoms with Crippen molar-refractivity contribution in [2.24, 2.45) is 0 Å². The first-order valence-electron chi connectivity index (χ1n) is 7.96. The second-order valence-electron chi connectivity index (χ2n) is 6.29. The van der Waals surface area contributed by atoms with Crippen LogP contribution < -0.4 is 10.6 Å². The Morgan fingerprint density at radius 2 is 2.50 bits per heavy atom. The van der Waals surface area contributed by atoms with E-state index in [1.165, 1.54) is 10.6 Å². The molecule has 2 aliphatic heterocycles. The number of carbonyl (C=O) groups is 1. The topological polar surface area (TPSA) is 50.4 Å². The van der Waals surface area contributed by atoms with E-state index in [-0.39, 0.29) is 17.7 Å². The maximum absolute atomic E-state index is 12.1. The summed E-state index contributed by atoms with van der Waals surface area (Å²) in [5.41, 5.74) is 0.0190. The highest BCUT2D eigenvalue weighted by molar-refractivity contribution is 7.99. The lowest BCUT2D eigenvalue weighted by Crippen LogP contribution is -2.51. The zero-order chi connectivity index (χ0) is 15.4. The zero-order valence-electron chi connectivity index (χ0n) is 13.0. The maximum Gasteiger partial charge on any atom is 0.315 e. The summed E-state index contributed by atoms with van der Waals surface area (Å²) in [5, 5.41) is 8.22. The highest BCUT2D eigenvalue weighted by atomic mass is 32.2. The van der Waals surface area contributed by atoms with Crippen LogP contribution in [0.4, 0.5) is 4.79 Å². The third-order valence-corrected chi connectivity index (χ3v) is 6.82. The molecule has 1 aromatic heterocycles. The Morgan fingerprint density at radius 1 is 1.59 bits per heavy atom. The molecule has 0 bridgehead atoms. The molecule has 1 aromatic rings. The Hall–Kier alpha value is -0.720. The summed E-state index contributed by atoms with van der Waals surface area (Å²) in [6.45, 7) is 3.58. The molecule has 0 aromatic carbocycles. The van der Waals surface area contributed by atoms with Crippen molar-refractivity contribution in [2.45, 2.75) is 43.7 Å². The summed E-state index contributed by atoms with van der Waals surface area (Å²) in [5.74, 6) is 2.61. The van der Waals surface area contributed by atoms with Gasteiger partial charge in [0.1, 0.15) is 0 Å². The molecule has 2 fully saturated rings. The molecule has 0 saturated carbocycles. The summed E-state index contributed by atoms with van der Waals surface area (Å²) in [7, 11) is 0. The number of ether oxygens (including phenoxy) is 1. The third kappa shape index (κ3) is 3.97. The second-order valence-corrected chi connectivity index (χ2v) is 8.38. The summed E-state index contributed by atoms with van der Waals surface area (Å²) < 4.78 is 5.99. The van der Waals surface area contributed by atoms with Gasteiger partial charge in [-0.1, -0.05) is 13.0 Å². The fourth-order valence-corrected chi connectivity index (χ4v) is 5.33. The molecule has 0 radical (unpaired) electrons. The van der Waals surface area contributed by atoms with E-state index in [0.29, 0.717) is 12.5 Å². The number of rotatable bonds is 4. The number of thiophene rings is 1. The van der Waals surface area contributed by atoms with Crippen LogP contribution in [-0.4, -0.2) is 42.3 Å². The molecule has 0 aliphatic carbocycles. The fourth-order valence-electron chi connectivity index (χ4n) is 3.17. The molecule has 2 amide bonds. The van der Waals surface area contributed by atoms with Gasteiger partial charge in [0.05, 0.1) is 5.60 Å². The summed E-state index contributed by atoms with van der Waals surface area (Å²) in [6, 6.07) is 4.37. The van der Waals surface area contributed by atoms with Gasteiger partial charge in [0.15, 0.2) is 0 Å². The van der Waals surface area contributed by atoms with E-state index in [2.05, 4.69) is 35.1 Å². The van der Waals surface area contributed by atoms with Gasteiger partial charge in [0, 0.05) is 35.7 Å². The van der Waals surface area contributed by atoms with Gasteiger partial charge in [-0.3, -0.25) is 0 Å². The van der Waals surface area contributed by atoms with Crippen LogP contribution in [0.3, 0.4) is 0 Å². The van der Waals surface area contributed by atoms with Gasteiger partial charge >= 0.3 is 6.03 Å². The second kappa shape index (κ2) is 7.23. The standard InChI is InChI=1S/C16H24N2O2S2/c1-12(14-3-2-7-22-14)10-17-15(19)18-13-4-6-20-16(9-13)5-8-21-11-16/h2-3,7,12-13H,4-6,8-11H2,1H3,(H2,17,18,19)/t12-,13+,16+/m1/s1. The number of nitrogens with one attached hydrogen (secondary N) is 2. The van der Waals surface area contributed by atoms with E-state index in [9.17, 15) is 4.79 Å². The minimum Gasteiger partial charge on any atom is -0.374 e. The van der Waals surface area contributed by atoms with Gasteiger partial charge in [0.2, 0.25) is 0 Å². The van der Waals surface area contributed by atoms with Crippen molar-refractivity contribution >= 4 is 29.1 Å². The van der Waals surface area contributed by atoms with Crippen molar-refractivity contribution in [3.8, 4) is 0 Å². The van der Waals surface area contributed by atoms with Crippen LogP contribution in [-0.2, 0) is 4.74 Å². The van der Waals surface area contributed by atoms with E-state index in [1.54, 1.807) is 11.3 Å². The first-order chi connectivity index (χ1) is 10.7. The van der Waals surface area contributed by atoms with Crippen molar-refractivity contribution in [3.63, 3.8) is 0 Å². The van der Waals surface area contributed by atoms with Crippen molar-refractivity contribution in [3.05, 3.63) is 22.4 Å². The molecule has 2 N–H and O–H groups in total. The van der Waals surface area contributed by atoms with Gasteiger partial charge in [-0.05, 0) is 36.5 Å². The Bertz CT molecular complexity index is 486. The minimum absolute atomic E-state index is 0.0190. The van der Waals surface area contributed by atoms with E-state index >= 15 is 0 Å². The minimum atomic E-state index is -0.0453. The molecule has 1 spiro atoms. The van der Waals surface area contributed by atoms with Gasteiger partial charge in [-0.25, -0.2) is 4.79 Å². The van der Waals surface area contributed by atoms with Crippen molar-refractivity contribution in [1.29, 1.82) is 0 Å². The lowest BCUT2D eigenvalue weighted by atomic mass is 9.90. The Balaban J connectivity index is 1.43. The Kier molecular flexibility index (Phi) is 5.31. The van der Waals surface area contributed by atoms with E-state index < -0.39 is 0 Å². The van der Waals surface area contributed by atoms with Gasteiger partial charge in [-0.2, -0.15) is 11.8 Å². The molecular weight excluding hydrogens is 316 g/mol. The van der Waals surface area contributed by atoms with Gasteiger partial charge < -0.3 is 15.4 Å². The van der Waals surface area contributed by atoms with Crippen LogP contribution in [0.1, 0.15) is 37.0 Å². The summed E-state index contributed by atoms with van der Waals surface area (Å²) >= 11 is 3.70. The van der Waals surface area contributed by atoms with Crippen LogP contribution in [0, 0.1) is 0 Å².